The van der Waals surface area contributed by atoms with Crippen molar-refractivity contribution >= 4 is 17.2 Å². The maximum absolute atomic E-state index is 12.9. The summed E-state index contributed by atoms with van der Waals surface area (Å²) < 4.78 is 1.77. The Hall–Kier alpha value is -2.61. The number of hydrogen-bond acceptors (Lipinski definition) is 6. The van der Waals surface area contributed by atoms with Crippen LogP contribution in [0.2, 0.25) is 0 Å². The van der Waals surface area contributed by atoms with Gasteiger partial charge >= 0.3 is 0 Å². The third-order valence-corrected chi connectivity index (χ3v) is 4.99. The average Bonchev–Trinajstić information content (AvgIpc) is 3.35. The molecule has 4 heterocycles. The SMILES string of the molecule is Cn1cc([C@H]2CCCN2C(=O)c2csc(-c3cnccn3)n2)cn1. The molecule has 0 spiro atoms. The van der Waals surface area contributed by atoms with Crippen LogP contribution in [0, 0.1) is 0 Å². The first-order valence-corrected chi connectivity index (χ1v) is 8.62. The van der Waals surface area contributed by atoms with Crippen molar-refractivity contribution in [2.24, 2.45) is 7.05 Å². The average molecular weight is 340 g/mol. The van der Waals surface area contributed by atoms with E-state index in [-0.39, 0.29) is 11.9 Å². The Labute approximate surface area is 143 Å². The smallest absolute Gasteiger partial charge is 0.273 e. The van der Waals surface area contributed by atoms with Gasteiger partial charge < -0.3 is 4.90 Å². The molecule has 1 atom stereocenters. The molecule has 0 aliphatic carbocycles. The Bertz CT molecular complexity index is 858. The molecule has 8 heteroatoms. The van der Waals surface area contributed by atoms with Crippen LogP contribution in [-0.4, -0.2) is 42.1 Å². The molecule has 1 fully saturated rings. The minimum atomic E-state index is -0.0345. The highest BCUT2D eigenvalue weighted by Gasteiger charge is 2.32. The molecule has 1 aliphatic rings. The second kappa shape index (κ2) is 6.12. The zero-order valence-corrected chi connectivity index (χ0v) is 14.0. The van der Waals surface area contributed by atoms with Gasteiger partial charge in [-0.3, -0.25) is 19.4 Å². The number of likely N-dealkylation sites (tertiary alicyclic amines) is 1. The summed E-state index contributed by atoms with van der Waals surface area (Å²) in [5.41, 5.74) is 2.23. The molecule has 0 saturated carbocycles. The van der Waals surface area contributed by atoms with Crippen molar-refractivity contribution in [3.63, 3.8) is 0 Å². The fraction of sp³-hybridized carbons (Fsp3) is 0.312. The van der Waals surface area contributed by atoms with Gasteiger partial charge in [0.1, 0.15) is 16.4 Å². The van der Waals surface area contributed by atoms with Crippen LogP contribution in [0.1, 0.15) is 34.9 Å². The Kier molecular flexibility index (Phi) is 3.81. The molecule has 7 nitrogen and oxygen atoms in total. The maximum Gasteiger partial charge on any atom is 0.273 e. The first-order valence-electron chi connectivity index (χ1n) is 7.74. The number of aryl methyl sites for hydroxylation is 1. The summed E-state index contributed by atoms with van der Waals surface area (Å²) in [7, 11) is 1.89. The van der Waals surface area contributed by atoms with Crippen LogP contribution in [-0.2, 0) is 7.05 Å². The topological polar surface area (TPSA) is 76.8 Å². The van der Waals surface area contributed by atoms with Crippen LogP contribution in [0.3, 0.4) is 0 Å². The van der Waals surface area contributed by atoms with Crippen molar-refractivity contribution in [3.8, 4) is 10.7 Å². The normalized spacial score (nSPS) is 17.4. The molecule has 1 aliphatic heterocycles. The van der Waals surface area contributed by atoms with E-state index >= 15 is 0 Å². The van der Waals surface area contributed by atoms with Crippen molar-refractivity contribution < 1.29 is 4.79 Å². The number of thiazole rings is 1. The zero-order chi connectivity index (χ0) is 16.5. The van der Waals surface area contributed by atoms with Crippen LogP contribution < -0.4 is 0 Å². The molecule has 1 saturated heterocycles. The molecular weight excluding hydrogens is 324 g/mol. The first-order chi connectivity index (χ1) is 11.7. The fourth-order valence-corrected chi connectivity index (χ4v) is 3.77. The molecule has 0 bridgehead atoms. The Morgan fingerprint density at radius 3 is 3.00 bits per heavy atom. The number of rotatable bonds is 3. The Morgan fingerprint density at radius 1 is 1.33 bits per heavy atom. The maximum atomic E-state index is 12.9. The van der Waals surface area contributed by atoms with Gasteiger partial charge in [-0.25, -0.2) is 4.98 Å². The van der Waals surface area contributed by atoms with Gasteiger partial charge in [-0.05, 0) is 12.8 Å². The van der Waals surface area contributed by atoms with E-state index in [1.807, 2.05) is 24.3 Å². The summed E-state index contributed by atoms with van der Waals surface area (Å²) in [6.45, 7) is 0.746. The quantitative estimate of drug-likeness (QED) is 0.731. The monoisotopic (exact) mass is 340 g/mol. The lowest BCUT2D eigenvalue weighted by Gasteiger charge is -2.22. The lowest BCUT2D eigenvalue weighted by molar-refractivity contribution is 0.0730. The summed E-state index contributed by atoms with van der Waals surface area (Å²) in [6, 6.07) is 0.0767. The molecule has 4 rings (SSSR count). The van der Waals surface area contributed by atoms with E-state index in [0.717, 1.165) is 24.9 Å². The van der Waals surface area contributed by atoms with Gasteiger partial charge in [0.15, 0.2) is 0 Å². The summed E-state index contributed by atoms with van der Waals surface area (Å²) >= 11 is 1.41. The number of hydrogen-bond donors (Lipinski definition) is 0. The molecule has 3 aromatic heterocycles. The number of amides is 1. The molecule has 0 N–H and O–H groups in total. The van der Waals surface area contributed by atoms with Crippen molar-refractivity contribution in [1.29, 1.82) is 0 Å². The van der Waals surface area contributed by atoms with Crippen LogP contribution in [0.15, 0.2) is 36.4 Å². The van der Waals surface area contributed by atoms with Crippen LogP contribution in [0.5, 0.6) is 0 Å². The Morgan fingerprint density at radius 2 is 2.25 bits per heavy atom. The zero-order valence-electron chi connectivity index (χ0n) is 13.2. The Balaban J connectivity index is 1.58. The summed E-state index contributed by atoms with van der Waals surface area (Å²) in [4.78, 5) is 27.5. The van der Waals surface area contributed by atoms with Gasteiger partial charge in [0, 0.05) is 43.1 Å². The van der Waals surface area contributed by atoms with Gasteiger partial charge in [-0.15, -0.1) is 11.3 Å². The molecule has 0 unspecified atom stereocenters. The number of carbonyl (C=O) groups is 1. The van der Waals surface area contributed by atoms with E-state index < -0.39 is 0 Å². The molecule has 1 amide bonds. The predicted octanol–water partition coefficient (Wildman–Crippen LogP) is 2.31. The van der Waals surface area contributed by atoms with Crippen molar-refractivity contribution in [1.82, 2.24) is 29.6 Å². The second-order valence-electron chi connectivity index (χ2n) is 5.73. The highest BCUT2D eigenvalue weighted by molar-refractivity contribution is 7.13. The van der Waals surface area contributed by atoms with Crippen molar-refractivity contribution in [2.45, 2.75) is 18.9 Å². The third kappa shape index (κ3) is 2.69. The molecule has 122 valence electrons. The first kappa shape index (κ1) is 14.9. The minimum Gasteiger partial charge on any atom is -0.330 e. The molecule has 0 aromatic carbocycles. The van der Waals surface area contributed by atoms with E-state index in [1.54, 1.807) is 28.7 Å². The fourth-order valence-electron chi connectivity index (χ4n) is 3.01. The molecule has 3 aromatic rings. The van der Waals surface area contributed by atoms with Crippen LogP contribution >= 0.6 is 11.3 Å². The van der Waals surface area contributed by atoms with Gasteiger partial charge in [-0.1, -0.05) is 0 Å². The molecular formula is C16H16N6OS. The van der Waals surface area contributed by atoms with Crippen molar-refractivity contribution in [3.05, 3.63) is 47.6 Å². The third-order valence-electron chi connectivity index (χ3n) is 4.13. The van der Waals surface area contributed by atoms with Gasteiger partial charge in [-0.2, -0.15) is 5.10 Å². The lowest BCUT2D eigenvalue weighted by Crippen LogP contribution is -2.30. The van der Waals surface area contributed by atoms with Gasteiger partial charge in [0.25, 0.3) is 5.91 Å². The van der Waals surface area contributed by atoms with E-state index in [0.29, 0.717) is 16.4 Å². The molecule has 0 radical (unpaired) electrons. The van der Waals surface area contributed by atoms with Crippen molar-refractivity contribution in [2.75, 3.05) is 6.54 Å². The largest absolute Gasteiger partial charge is 0.330 e. The molecule has 24 heavy (non-hydrogen) atoms. The second-order valence-corrected chi connectivity index (χ2v) is 6.59. The number of aromatic nitrogens is 5. The van der Waals surface area contributed by atoms with Gasteiger partial charge in [0.2, 0.25) is 0 Å². The number of nitrogens with zero attached hydrogens (tertiary/aromatic N) is 6. The summed E-state index contributed by atoms with van der Waals surface area (Å²) in [5, 5.41) is 6.73. The minimum absolute atomic E-state index is 0.0345. The standard InChI is InChI=1S/C16H16N6OS/c1-21-9-11(7-19-21)14-3-2-6-22(14)16(23)13-10-24-15(20-13)12-8-17-4-5-18-12/h4-5,7-10,14H,2-3,6H2,1H3/t14-/m1/s1. The van der Waals surface area contributed by atoms with Gasteiger partial charge in [0.05, 0.1) is 18.4 Å². The van der Waals surface area contributed by atoms with E-state index in [4.69, 9.17) is 0 Å². The van der Waals surface area contributed by atoms with E-state index in [1.165, 1.54) is 11.3 Å². The lowest BCUT2D eigenvalue weighted by atomic mass is 10.1. The number of carbonyl (C=O) groups excluding carboxylic acids is 1. The van der Waals surface area contributed by atoms with Crippen LogP contribution in [0.4, 0.5) is 0 Å². The van der Waals surface area contributed by atoms with Crippen LogP contribution in [0.25, 0.3) is 10.7 Å². The van der Waals surface area contributed by atoms with E-state index in [2.05, 4.69) is 20.1 Å². The highest BCUT2D eigenvalue weighted by Crippen LogP contribution is 2.33. The predicted molar refractivity (Wildman–Crippen MR) is 89.4 cm³/mol. The highest BCUT2D eigenvalue weighted by atomic mass is 32.1. The summed E-state index contributed by atoms with van der Waals surface area (Å²) in [5.74, 6) is -0.0345. The van der Waals surface area contributed by atoms with E-state index in [9.17, 15) is 4.79 Å². The summed E-state index contributed by atoms with van der Waals surface area (Å²) in [6.07, 6.45) is 10.7.